The second kappa shape index (κ2) is 7.74. The predicted molar refractivity (Wildman–Crippen MR) is 102 cm³/mol. The number of nitrogens with zero attached hydrogens (tertiary/aromatic N) is 1. The van der Waals surface area contributed by atoms with Crippen LogP contribution in [0.2, 0.25) is 0 Å². The zero-order valence-electron chi connectivity index (χ0n) is 15.3. The van der Waals surface area contributed by atoms with Gasteiger partial charge in [-0.05, 0) is 35.4 Å². The predicted octanol–water partition coefficient (Wildman–Crippen LogP) is 1.72. The Balaban J connectivity index is 1.99. The molecule has 0 aromatic heterocycles. The van der Waals surface area contributed by atoms with Crippen LogP contribution in [-0.2, 0) is 25.9 Å². The molecule has 0 saturated carbocycles. The van der Waals surface area contributed by atoms with Gasteiger partial charge in [-0.25, -0.2) is 8.42 Å². The van der Waals surface area contributed by atoms with E-state index in [4.69, 9.17) is 9.47 Å². The maximum atomic E-state index is 11.9. The molecule has 1 N–H and O–H groups in total. The van der Waals surface area contributed by atoms with Crippen molar-refractivity contribution in [1.29, 1.82) is 0 Å². The van der Waals surface area contributed by atoms with Crippen LogP contribution in [0.5, 0.6) is 11.5 Å². The van der Waals surface area contributed by atoms with E-state index in [-0.39, 0.29) is 36.4 Å². The lowest BCUT2D eigenvalue weighted by molar-refractivity contribution is -0.142. The molecule has 0 aliphatic carbocycles. The third-order valence-electron chi connectivity index (χ3n) is 4.96. The molecule has 2 aromatic carbocycles. The molecule has 1 heterocycles. The number of phenols is 1. The number of methoxy groups -OCH3 is 2. The summed E-state index contributed by atoms with van der Waals surface area (Å²) in [6, 6.07) is 8.66. The lowest BCUT2D eigenvalue weighted by Gasteiger charge is -2.27. The van der Waals surface area contributed by atoms with E-state index < -0.39 is 15.8 Å². The minimum Gasteiger partial charge on any atom is -0.508 e. The normalized spacial score (nSPS) is 18.7. The summed E-state index contributed by atoms with van der Waals surface area (Å²) in [6.07, 6.45) is 0.453. The Kier molecular flexibility index (Phi) is 5.57. The summed E-state index contributed by atoms with van der Waals surface area (Å²) in [6.45, 7) is 0.183. The number of ether oxygens (including phenoxy) is 2. The van der Waals surface area contributed by atoms with E-state index in [9.17, 15) is 18.3 Å². The van der Waals surface area contributed by atoms with Crippen molar-refractivity contribution in [3.8, 4) is 11.5 Å². The third kappa shape index (κ3) is 4.33. The van der Waals surface area contributed by atoms with Gasteiger partial charge in [0.05, 0.1) is 32.3 Å². The molecule has 2 aromatic rings. The molecule has 0 amide bonds. The topological polar surface area (TPSA) is 93.1 Å². The van der Waals surface area contributed by atoms with Crippen LogP contribution in [0.25, 0.3) is 10.8 Å². The number of hydrogen-bond donors (Lipinski definition) is 1. The first-order chi connectivity index (χ1) is 12.8. The quantitative estimate of drug-likeness (QED) is 0.747. The molecule has 1 atom stereocenters. The highest BCUT2D eigenvalue weighted by molar-refractivity contribution is 7.91. The highest BCUT2D eigenvalue weighted by atomic mass is 32.2. The molecule has 7 nitrogen and oxygen atoms in total. The van der Waals surface area contributed by atoms with Crippen LogP contribution < -0.4 is 4.74 Å². The average molecular weight is 393 g/mol. The maximum absolute atomic E-state index is 11.9. The highest BCUT2D eigenvalue weighted by Gasteiger charge is 2.33. The maximum Gasteiger partial charge on any atom is 0.319 e. The van der Waals surface area contributed by atoms with Crippen molar-refractivity contribution >= 4 is 26.6 Å². The lowest BCUT2D eigenvalue weighted by Crippen LogP contribution is -2.39. The number of sulfone groups is 1. The molecule has 1 saturated heterocycles. The SMILES string of the molecule is COC(=O)CN(Cc1c(O)ccc2ccc(OC)cc12)[C@H]1CCS(=O)(=O)C1. The van der Waals surface area contributed by atoms with E-state index in [0.717, 1.165) is 10.8 Å². The van der Waals surface area contributed by atoms with Crippen molar-refractivity contribution in [3.05, 3.63) is 35.9 Å². The molecule has 146 valence electrons. The molecule has 0 unspecified atom stereocenters. The number of carbonyl (C=O) groups excluding carboxylic acids is 1. The van der Waals surface area contributed by atoms with E-state index in [1.165, 1.54) is 7.11 Å². The third-order valence-corrected chi connectivity index (χ3v) is 6.71. The Labute approximate surface area is 158 Å². The fourth-order valence-corrected chi connectivity index (χ4v) is 5.22. The van der Waals surface area contributed by atoms with Gasteiger partial charge in [-0.1, -0.05) is 12.1 Å². The van der Waals surface area contributed by atoms with E-state index in [0.29, 0.717) is 17.7 Å². The van der Waals surface area contributed by atoms with E-state index in [1.807, 2.05) is 18.2 Å². The summed E-state index contributed by atoms with van der Waals surface area (Å²) < 4.78 is 33.9. The van der Waals surface area contributed by atoms with Crippen molar-refractivity contribution < 1.29 is 27.8 Å². The smallest absolute Gasteiger partial charge is 0.319 e. The average Bonchev–Trinajstić information content (AvgIpc) is 3.02. The minimum atomic E-state index is -3.11. The largest absolute Gasteiger partial charge is 0.508 e. The van der Waals surface area contributed by atoms with Gasteiger partial charge in [0, 0.05) is 18.2 Å². The van der Waals surface area contributed by atoms with Gasteiger partial charge in [-0.2, -0.15) is 0 Å². The van der Waals surface area contributed by atoms with E-state index >= 15 is 0 Å². The van der Waals surface area contributed by atoms with E-state index in [1.54, 1.807) is 24.1 Å². The summed E-state index contributed by atoms with van der Waals surface area (Å²) in [5.41, 5.74) is 0.625. The van der Waals surface area contributed by atoms with Gasteiger partial charge in [-0.3, -0.25) is 9.69 Å². The first kappa shape index (κ1) is 19.4. The van der Waals surface area contributed by atoms with Gasteiger partial charge in [0.1, 0.15) is 11.5 Å². The van der Waals surface area contributed by atoms with E-state index in [2.05, 4.69) is 0 Å². The summed E-state index contributed by atoms with van der Waals surface area (Å²) in [5, 5.41) is 12.2. The Bertz CT molecular complexity index is 956. The van der Waals surface area contributed by atoms with Crippen molar-refractivity contribution in [2.45, 2.75) is 19.0 Å². The summed E-state index contributed by atoms with van der Waals surface area (Å²) in [7, 11) is -0.251. The van der Waals surface area contributed by atoms with Crippen LogP contribution in [0.15, 0.2) is 30.3 Å². The van der Waals surface area contributed by atoms with Gasteiger partial charge >= 0.3 is 5.97 Å². The molecule has 0 spiro atoms. The van der Waals surface area contributed by atoms with Gasteiger partial charge in [0.25, 0.3) is 0 Å². The summed E-state index contributed by atoms with van der Waals surface area (Å²) >= 11 is 0. The number of hydrogen-bond acceptors (Lipinski definition) is 7. The van der Waals surface area contributed by atoms with Crippen LogP contribution in [0.1, 0.15) is 12.0 Å². The highest BCUT2D eigenvalue weighted by Crippen LogP contribution is 2.32. The van der Waals surface area contributed by atoms with Crippen LogP contribution in [-0.4, -0.2) is 62.7 Å². The molecular formula is C19H23NO6S. The lowest BCUT2D eigenvalue weighted by atomic mass is 10.0. The first-order valence-electron chi connectivity index (χ1n) is 8.63. The number of benzene rings is 2. The number of fused-ring (bicyclic) bond motifs is 1. The monoisotopic (exact) mass is 393 g/mol. The number of esters is 1. The Morgan fingerprint density at radius 2 is 2.00 bits per heavy atom. The van der Waals surface area contributed by atoms with Gasteiger partial charge in [-0.15, -0.1) is 0 Å². The first-order valence-corrected chi connectivity index (χ1v) is 10.4. The Morgan fingerprint density at radius 3 is 2.63 bits per heavy atom. The molecule has 0 bridgehead atoms. The Morgan fingerprint density at radius 1 is 1.26 bits per heavy atom. The number of phenolic OH excluding ortho intramolecular Hbond substituents is 1. The fourth-order valence-electron chi connectivity index (χ4n) is 3.45. The van der Waals surface area contributed by atoms with Gasteiger partial charge in [0.15, 0.2) is 9.84 Å². The van der Waals surface area contributed by atoms with Gasteiger partial charge in [0.2, 0.25) is 0 Å². The molecule has 1 fully saturated rings. The second-order valence-corrected chi connectivity index (χ2v) is 8.92. The molecular weight excluding hydrogens is 370 g/mol. The van der Waals surface area contributed by atoms with Gasteiger partial charge < -0.3 is 14.6 Å². The summed E-state index contributed by atoms with van der Waals surface area (Å²) in [5.74, 6) is 0.393. The van der Waals surface area contributed by atoms with Crippen molar-refractivity contribution in [2.24, 2.45) is 0 Å². The molecule has 27 heavy (non-hydrogen) atoms. The van der Waals surface area contributed by atoms with Crippen molar-refractivity contribution in [2.75, 3.05) is 32.3 Å². The van der Waals surface area contributed by atoms with Crippen LogP contribution in [0.4, 0.5) is 0 Å². The molecule has 1 aliphatic rings. The fraction of sp³-hybridized carbons (Fsp3) is 0.421. The number of aromatic hydroxyl groups is 1. The van der Waals surface area contributed by atoms with Crippen LogP contribution in [0, 0.1) is 0 Å². The van der Waals surface area contributed by atoms with Crippen LogP contribution in [0.3, 0.4) is 0 Å². The van der Waals surface area contributed by atoms with Crippen molar-refractivity contribution in [3.63, 3.8) is 0 Å². The molecule has 8 heteroatoms. The molecule has 0 radical (unpaired) electrons. The minimum absolute atomic E-state index is 0.00115. The second-order valence-electron chi connectivity index (χ2n) is 6.69. The standard InChI is InChI=1S/C19H23NO6S/c1-25-15-5-3-13-4-6-18(21)17(16(13)9-15)10-20(11-19(22)26-2)14-7-8-27(23,24)12-14/h3-6,9,14,21H,7-8,10-12H2,1-2H3/t14-/m0/s1. The zero-order chi connectivity index (χ0) is 19.6. The summed E-state index contributed by atoms with van der Waals surface area (Å²) in [4.78, 5) is 13.7. The number of carbonyl (C=O) groups is 1. The molecule has 3 rings (SSSR count). The van der Waals surface area contributed by atoms with Crippen molar-refractivity contribution in [1.82, 2.24) is 4.90 Å². The van der Waals surface area contributed by atoms with Crippen LogP contribution >= 0.6 is 0 Å². The Hall–Kier alpha value is -2.32. The molecule has 1 aliphatic heterocycles. The number of rotatable bonds is 6. The zero-order valence-corrected chi connectivity index (χ0v) is 16.2.